The second kappa shape index (κ2) is 6.03. The van der Waals surface area contributed by atoms with Crippen molar-refractivity contribution in [3.63, 3.8) is 0 Å². The van der Waals surface area contributed by atoms with Gasteiger partial charge >= 0.3 is 0 Å². The number of hydrogen-bond acceptors (Lipinski definition) is 3. The summed E-state index contributed by atoms with van der Waals surface area (Å²) in [5.41, 5.74) is 2.51. The molecule has 2 fully saturated rings. The van der Waals surface area contributed by atoms with Crippen molar-refractivity contribution in [2.75, 3.05) is 13.2 Å². The minimum atomic E-state index is -0.612. The molecule has 0 radical (unpaired) electrons. The zero-order chi connectivity index (χ0) is 12.9. The maximum Gasteiger partial charge on any atom is 0.166 e. The molecule has 1 heterocycles. The molecule has 0 bridgehead atoms. The highest BCUT2D eigenvalue weighted by Crippen LogP contribution is 2.29. The van der Waals surface area contributed by atoms with E-state index in [1.54, 1.807) is 0 Å². The fourth-order valence-electron chi connectivity index (χ4n) is 2.64. The molecule has 1 aliphatic carbocycles. The van der Waals surface area contributed by atoms with Crippen LogP contribution in [0.15, 0.2) is 17.9 Å². The van der Waals surface area contributed by atoms with Crippen LogP contribution >= 0.6 is 0 Å². The Kier molecular flexibility index (Phi) is 4.63. The molecule has 102 valence electrons. The van der Waals surface area contributed by atoms with Crippen LogP contribution in [0.25, 0.3) is 0 Å². The summed E-state index contributed by atoms with van der Waals surface area (Å²) >= 11 is 0. The van der Waals surface area contributed by atoms with Gasteiger partial charge in [-0.1, -0.05) is 19.3 Å². The lowest BCUT2D eigenvalue weighted by molar-refractivity contribution is -0.145. The van der Waals surface area contributed by atoms with Crippen LogP contribution in [0.1, 0.15) is 51.9 Å². The predicted molar refractivity (Wildman–Crippen MR) is 70.2 cm³/mol. The van der Waals surface area contributed by atoms with Gasteiger partial charge in [-0.15, -0.1) is 5.73 Å². The normalized spacial score (nSPS) is 25.4. The van der Waals surface area contributed by atoms with Gasteiger partial charge in [-0.2, -0.15) is 0 Å². The minimum absolute atomic E-state index is 0.417. The lowest BCUT2D eigenvalue weighted by atomic mass is 9.85. The zero-order valence-corrected chi connectivity index (χ0v) is 11.3. The first-order valence-corrected chi connectivity index (χ1v) is 7.04. The van der Waals surface area contributed by atoms with Gasteiger partial charge in [-0.3, -0.25) is 0 Å². The third kappa shape index (κ3) is 3.96. The van der Waals surface area contributed by atoms with E-state index in [9.17, 15) is 5.11 Å². The molecule has 3 nitrogen and oxygen atoms in total. The molecule has 18 heavy (non-hydrogen) atoms. The van der Waals surface area contributed by atoms with Gasteiger partial charge in [0.1, 0.15) is 0 Å². The Morgan fingerprint density at radius 3 is 2.50 bits per heavy atom. The zero-order valence-electron chi connectivity index (χ0n) is 11.3. The van der Waals surface area contributed by atoms with Crippen molar-refractivity contribution in [1.29, 1.82) is 0 Å². The van der Waals surface area contributed by atoms with E-state index >= 15 is 0 Å². The Morgan fingerprint density at radius 2 is 1.83 bits per heavy atom. The molecule has 0 atom stereocenters. The number of rotatable bonds is 4. The first kappa shape index (κ1) is 13.8. The van der Waals surface area contributed by atoms with Gasteiger partial charge in [0, 0.05) is 6.42 Å². The average Bonchev–Trinajstić information content (AvgIpc) is 2.77. The molecule has 0 unspecified atom stereocenters. The van der Waals surface area contributed by atoms with Gasteiger partial charge in [0.2, 0.25) is 0 Å². The van der Waals surface area contributed by atoms with Crippen LogP contribution in [0.2, 0.25) is 0 Å². The van der Waals surface area contributed by atoms with Crippen molar-refractivity contribution < 1.29 is 14.6 Å². The summed E-state index contributed by atoms with van der Waals surface area (Å²) < 4.78 is 11.1. The van der Waals surface area contributed by atoms with Gasteiger partial charge in [-0.25, -0.2) is 0 Å². The molecule has 0 amide bonds. The lowest BCUT2D eigenvalue weighted by Crippen LogP contribution is -2.28. The maximum absolute atomic E-state index is 10.2. The van der Waals surface area contributed by atoms with Crippen LogP contribution in [-0.2, 0) is 9.47 Å². The molecular weight excluding hydrogens is 228 g/mol. The van der Waals surface area contributed by atoms with E-state index in [0.717, 1.165) is 38.5 Å². The minimum Gasteiger partial charge on any atom is -0.385 e. The van der Waals surface area contributed by atoms with Crippen molar-refractivity contribution in [3.05, 3.63) is 17.9 Å². The molecule has 2 rings (SSSR count). The summed E-state index contributed by atoms with van der Waals surface area (Å²) in [5.74, 6) is -0.417. The molecule has 1 saturated carbocycles. The fraction of sp³-hybridized carbons (Fsp3) is 0.800. The third-order valence-electron chi connectivity index (χ3n) is 3.83. The Bertz CT molecular complexity index is 317. The Labute approximate surface area is 109 Å². The van der Waals surface area contributed by atoms with Crippen LogP contribution < -0.4 is 0 Å². The molecule has 0 aromatic carbocycles. The Morgan fingerprint density at radius 1 is 1.17 bits per heavy atom. The Balaban J connectivity index is 1.76. The van der Waals surface area contributed by atoms with Crippen molar-refractivity contribution in [2.45, 2.75) is 63.3 Å². The van der Waals surface area contributed by atoms with E-state index in [2.05, 4.69) is 5.73 Å². The number of hydrogen-bond donors (Lipinski definition) is 1. The van der Waals surface area contributed by atoms with E-state index in [-0.39, 0.29) is 0 Å². The van der Waals surface area contributed by atoms with E-state index in [1.807, 2.05) is 19.1 Å². The van der Waals surface area contributed by atoms with Crippen LogP contribution in [0.3, 0.4) is 0 Å². The molecule has 2 aliphatic rings. The van der Waals surface area contributed by atoms with Crippen molar-refractivity contribution in [2.24, 2.45) is 0 Å². The smallest absolute Gasteiger partial charge is 0.166 e. The van der Waals surface area contributed by atoms with Gasteiger partial charge in [0.15, 0.2) is 5.79 Å². The summed E-state index contributed by atoms with van der Waals surface area (Å²) in [5, 5.41) is 10.2. The quantitative estimate of drug-likeness (QED) is 0.782. The summed E-state index contributed by atoms with van der Waals surface area (Å²) in [4.78, 5) is 0. The fourth-order valence-corrected chi connectivity index (χ4v) is 2.64. The molecule has 1 aliphatic heterocycles. The van der Waals surface area contributed by atoms with Gasteiger partial charge in [-0.05, 0) is 38.3 Å². The second-order valence-corrected chi connectivity index (χ2v) is 5.55. The monoisotopic (exact) mass is 252 g/mol. The Hall–Kier alpha value is -0.600. The summed E-state index contributed by atoms with van der Waals surface area (Å²) in [6, 6.07) is 0. The van der Waals surface area contributed by atoms with E-state index in [4.69, 9.17) is 9.47 Å². The van der Waals surface area contributed by atoms with Gasteiger partial charge in [0.25, 0.3) is 0 Å². The second-order valence-electron chi connectivity index (χ2n) is 5.55. The van der Waals surface area contributed by atoms with Crippen molar-refractivity contribution in [1.82, 2.24) is 0 Å². The predicted octanol–water partition coefficient (Wildman–Crippen LogP) is 2.94. The molecule has 0 spiro atoms. The highest BCUT2D eigenvalue weighted by Gasteiger charge is 2.29. The SMILES string of the molecule is CC1(CCC=C=CC2(O)CCCCC2)OCCO1. The van der Waals surface area contributed by atoms with E-state index < -0.39 is 11.4 Å². The van der Waals surface area contributed by atoms with Crippen LogP contribution in [0.5, 0.6) is 0 Å². The molecular formula is C15H24O3. The molecule has 3 heteroatoms. The topological polar surface area (TPSA) is 38.7 Å². The third-order valence-corrected chi connectivity index (χ3v) is 3.83. The largest absolute Gasteiger partial charge is 0.385 e. The molecule has 1 N–H and O–H groups in total. The highest BCUT2D eigenvalue weighted by molar-refractivity contribution is 5.02. The summed E-state index contributed by atoms with van der Waals surface area (Å²) in [7, 11) is 0. The van der Waals surface area contributed by atoms with Crippen molar-refractivity contribution in [3.8, 4) is 0 Å². The molecule has 0 aromatic rings. The average molecular weight is 252 g/mol. The molecule has 0 aromatic heterocycles. The summed E-state index contributed by atoms with van der Waals surface area (Å²) in [6.07, 6.45) is 10.7. The van der Waals surface area contributed by atoms with Crippen LogP contribution in [-0.4, -0.2) is 29.7 Å². The van der Waals surface area contributed by atoms with Gasteiger partial charge in [0.05, 0.1) is 18.8 Å². The van der Waals surface area contributed by atoms with Crippen LogP contribution in [0, 0.1) is 0 Å². The standard InChI is InChI=1S/C15H24O3/c1-14(17-12-13-18-14)8-4-2-5-9-15(16)10-6-3-7-11-15/h2,9,16H,3-4,6-8,10-13H2,1H3. The number of ether oxygens (including phenoxy) is 2. The van der Waals surface area contributed by atoms with E-state index in [0.29, 0.717) is 13.2 Å². The van der Waals surface area contributed by atoms with Gasteiger partial charge < -0.3 is 14.6 Å². The first-order valence-electron chi connectivity index (χ1n) is 7.04. The lowest BCUT2D eigenvalue weighted by Gasteiger charge is -2.27. The van der Waals surface area contributed by atoms with Crippen molar-refractivity contribution >= 4 is 0 Å². The highest BCUT2D eigenvalue weighted by atomic mass is 16.7. The van der Waals surface area contributed by atoms with Crippen LogP contribution in [0.4, 0.5) is 0 Å². The maximum atomic E-state index is 10.2. The van der Waals surface area contributed by atoms with E-state index in [1.165, 1.54) is 6.42 Å². The summed E-state index contributed by atoms with van der Waals surface area (Å²) in [6.45, 7) is 3.36. The first-order chi connectivity index (χ1) is 8.62. The molecule has 1 saturated heterocycles. The number of aliphatic hydroxyl groups is 1.